The summed E-state index contributed by atoms with van der Waals surface area (Å²) in [4.78, 5) is 30.6. The van der Waals surface area contributed by atoms with Crippen molar-refractivity contribution >= 4 is 32.6 Å². The van der Waals surface area contributed by atoms with E-state index in [0.717, 1.165) is 28.2 Å². The topological polar surface area (TPSA) is 78.0 Å². The molecule has 0 radical (unpaired) electrons. The Bertz CT molecular complexity index is 1250. The average Bonchev–Trinajstić information content (AvgIpc) is 3.39. The molecular weight excluding hydrogens is 450 g/mol. The van der Waals surface area contributed by atoms with Crippen LogP contribution in [0, 0.1) is 5.92 Å². The van der Waals surface area contributed by atoms with Gasteiger partial charge in [-0.25, -0.2) is 12.7 Å². The Balaban J connectivity index is 1.39. The van der Waals surface area contributed by atoms with Crippen LogP contribution in [0.3, 0.4) is 0 Å². The Morgan fingerprint density at radius 3 is 2.50 bits per heavy atom. The van der Waals surface area contributed by atoms with E-state index >= 15 is 0 Å². The van der Waals surface area contributed by atoms with Crippen LogP contribution in [0.15, 0.2) is 59.1 Å². The van der Waals surface area contributed by atoms with Crippen molar-refractivity contribution in [3.8, 4) is 0 Å². The minimum atomic E-state index is -4.09. The van der Waals surface area contributed by atoms with Crippen LogP contribution in [0.5, 0.6) is 0 Å². The molecule has 0 unspecified atom stereocenters. The lowest BCUT2D eigenvalue weighted by molar-refractivity contribution is -0.134. The summed E-state index contributed by atoms with van der Waals surface area (Å²) in [7, 11) is -4.09. The molecule has 2 amide bonds. The first-order valence-electron chi connectivity index (χ1n) is 12.2. The molecule has 7 nitrogen and oxygen atoms in total. The normalized spacial score (nSPS) is 23.4. The molecule has 2 aromatic rings. The van der Waals surface area contributed by atoms with Crippen molar-refractivity contribution in [2.45, 2.75) is 50.0 Å². The van der Waals surface area contributed by atoms with E-state index in [9.17, 15) is 18.0 Å². The van der Waals surface area contributed by atoms with Gasteiger partial charge in [0.1, 0.15) is 0 Å². The number of hydrogen-bond donors (Lipinski definition) is 0. The molecule has 3 aliphatic heterocycles. The average molecular weight is 482 g/mol. The lowest BCUT2D eigenvalue weighted by Crippen LogP contribution is -2.42. The van der Waals surface area contributed by atoms with E-state index in [1.807, 2.05) is 31.2 Å². The number of rotatable bonds is 6. The molecule has 8 heteroatoms. The fourth-order valence-corrected chi connectivity index (χ4v) is 7.11. The van der Waals surface area contributed by atoms with Gasteiger partial charge in [0, 0.05) is 19.5 Å². The number of carbonyl (C=O) groups is 2. The zero-order valence-corrected chi connectivity index (χ0v) is 20.3. The molecule has 0 spiro atoms. The molecule has 3 aliphatic rings. The Morgan fingerprint density at radius 2 is 1.76 bits per heavy atom. The van der Waals surface area contributed by atoms with Crippen LogP contribution >= 0.6 is 0 Å². The number of amides is 2. The van der Waals surface area contributed by atoms with E-state index < -0.39 is 27.9 Å². The van der Waals surface area contributed by atoms with E-state index in [0.29, 0.717) is 31.6 Å². The van der Waals surface area contributed by atoms with Crippen molar-refractivity contribution < 1.29 is 18.0 Å². The summed E-state index contributed by atoms with van der Waals surface area (Å²) in [6, 6.07) is 11.9. The molecule has 3 heterocycles. The SMILES string of the molecule is CC[C@H]1C(=O)N(S(=O)(=O)c2ccc3ccccc3c2)C2=CCN(C(=O)CCN3CCCCC3)[C@@H]21. The van der Waals surface area contributed by atoms with Gasteiger partial charge in [0.25, 0.3) is 10.0 Å². The molecule has 0 aliphatic carbocycles. The Hall–Kier alpha value is -2.71. The van der Waals surface area contributed by atoms with E-state index in [-0.39, 0.29) is 10.8 Å². The molecule has 2 fully saturated rings. The maximum atomic E-state index is 13.7. The van der Waals surface area contributed by atoms with Crippen LogP contribution < -0.4 is 0 Å². The Kier molecular flexibility index (Phi) is 6.20. The molecule has 180 valence electrons. The standard InChI is InChI=1S/C26H31N3O4S/c1-2-22-25-23(12-17-28(25)24(30)13-16-27-14-6-3-7-15-27)29(26(22)31)34(32,33)21-11-10-19-8-4-5-9-20(19)18-21/h4-5,8-12,18,22,25H,2-3,6-7,13-17H2,1H3/t22-,25-/m1/s1. The van der Waals surface area contributed by atoms with Crippen molar-refractivity contribution in [1.29, 1.82) is 0 Å². The molecule has 0 N–H and O–H groups in total. The summed E-state index contributed by atoms with van der Waals surface area (Å²) >= 11 is 0. The van der Waals surface area contributed by atoms with Gasteiger partial charge >= 0.3 is 0 Å². The van der Waals surface area contributed by atoms with E-state index in [4.69, 9.17) is 0 Å². The molecule has 5 rings (SSSR count). The Morgan fingerprint density at radius 1 is 1.03 bits per heavy atom. The summed E-state index contributed by atoms with van der Waals surface area (Å²) in [6.07, 6.45) is 6.18. The van der Waals surface area contributed by atoms with Gasteiger partial charge in [-0.1, -0.05) is 43.7 Å². The first-order chi connectivity index (χ1) is 16.4. The van der Waals surface area contributed by atoms with Crippen molar-refractivity contribution in [3.05, 3.63) is 54.2 Å². The maximum Gasteiger partial charge on any atom is 0.270 e. The van der Waals surface area contributed by atoms with Gasteiger partial charge in [-0.15, -0.1) is 0 Å². The van der Waals surface area contributed by atoms with Crippen LogP contribution in [-0.4, -0.2) is 66.6 Å². The summed E-state index contributed by atoms with van der Waals surface area (Å²) in [6.45, 7) is 4.97. The number of benzene rings is 2. The van der Waals surface area contributed by atoms with Gasteiger partial charge in [0.2, 0.25) is 11.8 Å². The minimum Gasteiger partial charge on any atom is -0.329 e. The van der Waals surface area contributed by atoms with Gasteiger partial charge < -0.3 is 9.80 Å². The van der Waals surface area contributed by atoms with Gasteiger partial charge in [-0.05, 0) is 61.3 Å². The quantitative estimate of drug-likeness (QED) is 0.632. The zero-order valence-electron chi connectivity index (χ0n) is 19.5. The number of fused-ring (bicyclic) bond motifs is 2. The Labute approximate surface area is 201 Å². The number of sulfonamides is 1. The third kappa shape index (κ3) is 3.92. The van der Waals surface area contributed by atoms with Gasteiger partial charge in [0.15, 0.2) is 0 Å². The maximum absolute atomic E-state index is 13.7. The lowest BCUT2D eigenvalue weighted by Gasteiger charge is -2.29. The molecule has 2 atom stereocenters. The smallest absolute Gasteiger partial charge is 0.270 e. The van der Waals surface area contributed by atoms with Gasteiger partial charge in [0.05, 0.1) is 22.6 Å². The second kappa shape index (κ2) is 9.15. The van der Waals surface area contributed by atoms with Gasteiger partial charge in [-0.2, -0.15) is 0 Å². The van der Waals surface area contributed by atoms with Crippen LogP contribution in [-0.2, 0) is 19.6 Å². The molecule has 2 aromatic carbocycles. The summed E-state index contributed by atoms with van der Waals surface area (Å²) in [5, 5.41) is 1.73. The van der Waals surface area contributed by atoms with Crippen LogP contribution in [0.4, 0.5) is 0 Å². The number of piperidine rings is 1. The third-order valence-electron chi connectivity index (χ3n) is 7.38. The number of nitrogens with zero attached hydrogens (tertiary/aromatic N) is 3. The molecule has 0 saturated carbocycles. The van der Waals surface area contributed by atoms with Crippen molar-refractivity contribution in [3.63, 3.8) is 0 Å². The van der Waals surface area contributed by atoms with Crippen LogP contribution in [0.2, 0.25) is 0 Å². The number of carbonyl (C=O) groups excluding carboxylic acids is 2. The van der Waals surface area contributed by atoms with Gasteiger partial charge in [-0.3, -0.25) is 9.59 Å². The predicted octanol–water partition coefficient (Wildman–Crippen LogP) is 3.37. The fourth-order valence-electron chi connectivity index (χ4n) is 5.55. The molecule has 2 saturated heterocycles. The highest BCUT2D eigenvalue weighted by Crippen LogP contribution is 2.41. The van der Waals surface area contributed by atoms with Crippen LogP contribution in [0.1, 0.15) is 39.0 Å². The van der Waals surface area contributed by atoms with Crippen molar-refractivity contribution in [1.82, 2.24) is 14.1 Å². The summed E-state index contributed by atoms with van der Waals surface area (Å²) < 4.78 is 28.3. The molecule has 0 aromatic heterocycles. The first-order valence-corrected chi connectivity index (χ1v) is 13.7. The lowest BCUT2D eigenvalue weighted by atomic mass is 9.98. The van der Waals surface area contributed by atoms with E-state index in [1.165, 1.54) is 19.3 Å². The fraction of sp³-hybridized carbons (Fsp3) is 0.462. The third-order valence-corrected chi connectivity index (χ3v) is 9.10. The molecular formula is C26H31N3O4S. The highest BCUT2D eigenvalue weighted by Gasteiger charge is 2.54. The largest absolute Gasteiger partial charge is 0.329 e. The van der Waals surface area contributed by atoms with E-state index in [2.05, 4.69) is 4.90 Å². The van der Waals surface area contributed by atoms with Crippen molar-refractivity contribution in [2.75, 3.05) is 26.2 Å². The second-order valence-corrected chi connectivity index (χ2v) is 11.2. The highest BCUT2D eigenvalue weighted by atomic mass is 32.2. The van der Waals surface area contributed by atoms with Crippen molar-refractivity contribution in [2.24, 2.45) is 5.92 Å². The molecule has 34 heavy (non-hydrogen) atoms. The highest BCUT2D eigenvalue weighted by molar-refractivity contribution is 7.89. The second-order valence-electron chi connectivity index (χ2n) is 9.40. The summed E-state index contributed by atoms with van der Waals surface area (Å²) in [5.74, 6) is -1.01. The first kappa shape index (κ1) is 23.1. The van der Waals surface area contributed by atoms with Crippen LogP contribution in [0.25, 0.3) is 10.8 Å². The number of likely N-dealkylation sites (tertiary alicyclic amines) is 1. The molecule has 0 bridgehead atoms. The number of hydrogen-bond acceptors (Lipinski definition) is 5. The summed E-state index contributed by atoms with van der Waals surface area (Å²) in [5.41, 5.74) is 0.427. The minimum absolute atomic E-state index is 0.0157. The zero-order chi connectivity index (χ0) is 23.9. The predicted molar refractivity (Wildman–Crippen MR) is 130 cm³/mol. The van der Waals surface area contributed by atoms with E-state index in [1.54, 1.807) is 29.2 Å². The monoisotopic (exact) mass is 481 g/mol.